The predicted molar refractivity (Wildman–Crippen MR) is 49.8 cm³/mol. The highest BCUT2D eigenvalue weighted by molar-refractivity contribution is 6.32. The molecule has 0 aromatic rings. The fourth-order valence-electron chi connectivity index (χ4n) is 1.16. The van der Waals surface area contributed by atoms with Crippen LogP contribution >= 0.6 is 0 Å². The molecule has 0 fully saturated rings. The number of Topliss-reactive ketones (excluding diaryl/α,β-unsaturated/α-hetero) is 1. The van der Waals surface area contributed by atoms with Crippen LogP contribution < -0.4 is 0 Å². The van der Waals surface area contributed by atoms with Gasteiger partial charge in [-0.2, -0.15) is 0 Å². The highest BCUT2D eigenvalue weighted by Crippen LogP contribution is 2.14. The summed E-state index contributed by atoms with van der Waals surface area (Å²) < 4.78 is 4.99. The summed E-state index contributed by atoms with van der Waals surface area (Å²) in [6.07, 6.45) is 3.12. The van der Waals surface area contributed by atoms with Gasteiger partial charge in [-0.15, -0.1) is 0 Å². The molecule has 0 bridgehead atoms. The number of ether oxygens (including phenoxy) is 1. The second kappa shape index (κ2) is 4.13. The van der Waals surface area contributed by atoms with E-state index in [1.807, 2.05) is 18.0 Å². The van der Waals surface area contributed by atoms with E-state index >= 15 is 0 Å². The number of carbonyl (C=O) groups excluding carboxylic acids is 2. The SMILES string of the molecule is CCN1C=CN(C)C1OC(=O)C(C)=O. The van der Waals surface area contributed by atoms with Gasteiger partial charge in [0.25, 0.3) is 6.35 Å². The van der Waals surface area contributed by atoms with E-state index in [1.165, 1.54) is 6.92 Å². The average Bonchev–Trinajstić information content (AvgIpc) is 2.47. The van der Waals surface area contributed by atoms with Crippen LogP contribution in [0.5, 0.6) is 0 Å². The van der Waals surface area contributed by atoms with Gasteiger partial charge in [-0.05, 0) is 6.92 Å². The van der Waals surface area contributed by atoms with Crippen molar-refractivity contribution < 1.29 is 14.3 Å². The van der Waals surface area contributed by atoms with Crippen LogP contribution in [0.2, 0.25) is 0 Å². The average molecular weight is 198 g/mol. The van der Waals surface area contributed by atoms with Crippen molar-refractivity contribution >= 4 is 11.8 Å². The largest absolute Gasteiger partial charge is 0.417 e. The second-order valence-corrected chi connectivity index (χ2v) is 3.08. The molecular weight excluding hydrogens is 184 g/mol. The van der Waals surface area contributed by atoms with Crippen LogP contribution in [-0.2, 0) is 14.3 Å². The molecule has 1 aliphatic heterocycles. The van der Waals surface area contributed by atoms with Gasteiger partial charge in [0.1, 0.15) is 0 Å². The molecule has 0 aliphatic carbocycles. The molecule has 0 spiro atoms. The van der Waals surface area contributed by atoms with Gasteiger partial charge >= 0.3 is 5.97 Å². The molecule has 1 unspecified atom stereocenters. The maximum Gasteiger partial charge on any atom is 0.377 e. The first-order chi connectivity index (χ1) is 6.56. The molecule has 0 amide bonds. The quantitative estimate of drug-likeness (QED) is 0.477. The molecule has 1 atom stereocenters. The van der Waals surface area contributed by atoms with E-state index in [1.54, 1.807) is 18.1 Å². The number of carbonyl (C=O) groups is 2. The Hall–Kier alpha value is -1.52. The summed E-state index contributed by atoms with van der Waals surface area (Å²) in [6, 6.07) is 0. The highest BCUT2D eigenvalue weighted by atomic mass is 16.6. The monoisotopic (exact) mass is 198 g/mol. The Balaban J connectivity index is 2.59. The minimum Gasteiger partial charge on any atom is -0.417 e. The summed E-state index contributed by atoms with van der Waals surface area (Å²) in [6.45, 7) is 3.86. The molecule has 0 saturated heterocycles. The van der Waals surface area contributed by atoms with Crippen molar-refractivity contribution in [3.05, 3.63) is 12.4 Å². The number of hydrogen-bond donors (Lipinski definition) is 0. The highest BCUT2D eigenvalue weighted by Gasteiger charge is 2.27. The topological polar surface area (TPSA) is 49.9 Å². The van der Waals surface area contributed by atoms with Gasteiger partial charge in [0.2, 0.25) is 5.78 Å². The minimum atomic E-state index is -0.802. The van der Waals surface area contributed by atoms with Crippen LogP contribution in [0.4, 0.5) is 0 Å². The van der Waals surface area contributed by atoms with E-state index in [-0.39, 0.29) is 0 Å². The fourth-order valence-corrected chi connectivity index (χ4v) is 1.16. The lowest BCUT2D eigenvalue weighted by molar-refractivity contribution is -0.171. The molecule has 0 N–H and O–H groups in total. The first-order valence-corrected chi connectivity index (χ1v) is 4.43. The van der Waals surface area contributed by atoms with E-state index in [9.17, 15) is 9.59 Å². The predicted octanol–water partition coefficient (Wildman–Crippen LogP) is 0.141. The van der Waals surface area contributed by atoms with E-state index in [0.717, 1.165) is 6.54 Å². The van der Waals surface area contributed by atoms with Crippen molar-refractivity contribution in [2.75, 3.05) is 13.6 Å². The molecule has 1 rings (SSSR count). The van der Waals surface area contributed by atoms with Crippen LogP contribution in [-0.4, -0.2) is 41.5 Å². The van der Waals surface area contributed by atoms with Gasteiger partial charge in [-0.3, -0.25) is 4.79 Å². The lowest BCUT2D eigenvalue weighted by Crippen LogP contribution is -2.41. The van der Waals surface area contributed by atoms with E-state index < -0.39 is 18.1 Å². The number of ketones is 1. The van der Waals surface area contributed by atoms with Crippen molar-refractivity contribution in [3.63, 3.8) is 0 Å². The van der Waals surface area contributed by atoms with Crippen molar-refractivity contribution in [3.8, 4) is 0 Å². The van der Waals surface area contributed by atoms with Crippen LogP contribution in [0.15, 0.2) is 12.4 Å². The Labute approximate surface area is 82.9 Å². The van der Waals surface area contributed by atoms with Crippen molar-refractivity contribution in [2.24, 2.45) is 0 Å². The molecule has 0 radical (unpaired) electrons. The fraction of sp³-hybridized carbons (Fsp3) is 0.556. The van der Waals surface area contributed by atoms with E-state index in [0.29, 0.717) is 0 Å². The summed E-state index contributed by atoms with van der Waals surface area (Å²) in [5.74, 6) is -1.38. The maximum atomic E-state index is 11.1. The third kappa shape index (κ3) is 2.04. The van der Waals surface area contributed by atoms with Crippen LogP contribution in [0.3, 0.4) is 0 Å². The summed E-state index contributed by atoms with van der Waals surface area (Å²) >= 11 is 0. The Morgan fingerprint density at radius 1 is 1.43 bits per heavy atom. The zero-order valence-corrected chi connectivity index (χ0v) is 8.56. The first kappa shape index (κ1) is 10.6. The maximum absolute atomic E-state index is 11.1. The van der Waals surface area contributed by atoms with Gasteiger partial charge in [0.15, 0.2) is 0 Å². The van der Waals surface area contributed by atoms with Crippen LogP contribution in [0, 0.1) is 0 Å². The molecule has 5 heteroatoms. The molecule has 0 aromatic heterocycles. The third-order valence-electron chi connectivity index (χ3n) is 1.99. The normalized spacial score (nSPS) is 20.1. The molecule has 0 aromatic carbocycles. The zero-order chi connectivity index (χ0) is 10.7. The van der Waals surface area contributed by atoms with Gasteiger partial charge in [-0.25, -0.2) is 4.79 Å². The van der Waals surface area contributed by atoms with Gasteiger partial charge in [0, 0.05) is 32.9 Å². The summed E-state index contributed by atoms with van der Waals surface area (Å²) in [5, 5.41) is 0. The summed E-state index contributed by atoms with van der Waals surface area (Å²) in [5.41, 5.74) is 0. The molecule has 1 heterocycles. The Morgan fingerprint density at radius 3 is 2.57 bits per heavy atom. The number of esters is 1. The lowest BCUT2D eigenvalue weighted by Gasteiger charge is -2.28. The molecular formula is C9H14N2O3. The minimum absolute atomic E-state index is 0.489. The van der Waals surface area contributed by atoms with Crippen molar-refractivity contribution in [1.29, 1.82) is 0 Å². The molecule has 0 saturated carbocycles. The standard InChI is InChI=1S/C9H14N2O3/c1-4-11-6-5-10(3)9(11)14-8(13)7(2)12/h5-6,9H,4H2,1-3H3. The first-order valence-electron chi connectivity index (χ1n) is 4.43. The zero-order valence-electron chi connectivity index (χ0n) is 8.56. The van der Waals surface area contributed by atoms with E-state index in [4.69, 9.17) is 4.74 Å². The van der Waals surface area contributed by atoms with Crippen LogP contribution in [0.1, 0.15) is 13.8 Å². The van der Waals surface area contributed by atoms with Crippen LogP contribution in [0.25, 0.3) is 0 Å². The third-order valence-corrected chi connectivity index (χ3v) is 1.99. The molecule has 14 heavy (non-hydrogen) atoms. The lowest BCUT2D eigenvalue weighted by atomic mass is 10.5. The molecule has 78 valence electrons. The van der Waals surface area contributed by atoms with Gasteiger partial charge in [-0.1, -0.05) is 0 Å². The van der Waals surface area contributed by atoms with Crippen molar-refractivity contribution in [2.45, 2.75) is 20.2 Å². The summed E-state index contributed by atoms with van der Waals surface area (Å²) in [4.78, 5) is 25.3. The number of nitrogens with zero attached hydrogens (tertiary/aromatic N) is 2. The number of rotatable bonds is 3. The second-order valence-electron chi connectivity index (χ2n) is 3.08. The smallest absolute Gasteiger partial charge is 0.377 e. The summed E-state index contributed by atoms with van der Waals surface area (Å²) in [7, 11) is 1.78. The van der Waals surface area contributed by atoms with E-state index in [2.05, 4.69) is 0 Å². The number of hydrogen-bond acceptors (Lipinski definition) is 5. The Bertz CT molecular complexity index is 275. The Kier molecular flexibility index (Phi) is 3.11. The molecule has 5 nitrogen and oxygen atoms in total. The molecule has 1 aliphatic rings. The Morgan fingerprint density at radius 2 is 2.07 bits per heavy atom. The van der Waals surface area contributed by atoms with Gasteiger partial charge < -0.3 is 14.5 Å². The van der Waals surface area contributed by atoms with Gasteiger partial charge in [0.05, 0.1) is 0 Å². The van der Waals surface area contributed by atoms with Crippen molar-refractivity contribution in [1.82, 2.24) is 9.80 Å².